The maximum Gasteiger partial charge on any atom is 0.240 e. The molecule has 0 aromatic heterocycles. The summed E-state index contributed by atoms with van der Waals surface area (Å²) in [5, 5.41) is 0. The van der Waals surface area contributed by atoms with Crippen molar-refractivity contribution in [3.05, 3.63) is 126 Å². The Bertz CT molecular complexity index is 1130. The summed E-state index contributed by atoms with van der Waals surface area (Å²) in [6, 6.07) is 36.8. The van der Waals surface area contributed by atoms with Crippen LogP contribution in [0.5, 0.6) is 0 Å². The Labute approximate surface area is 178 Å². The van der Waals surface area contributed by atoms with Gasteiger partial charge in [0, 0.05) is 12.5 Å². The molecule has 1 N–H and O–H groups in total. The Morgan fingerprint density at radius 2 is 1.00 bits per heavy atom. The van der Waals surface area contributed by atoms with Crippen molar-refractivity contribution < 1.29 is 8.42 Å². The van der Waals surface area contributed by atoms with E-state index in [9.17, 15) is 8.42 Å². The van der Waals surface area contributed by atoms with Crippen LogP contribution in [-0.2, 0) is 10.0 Å². The fourth-order valence-electron chi connectivity index (χ4n) is 3.53. The van der Waals surface area contributed by atoms with Crippen LogP contribution in [0.3, 0.4) is 0 Å². The molecule has 0 unspecified atom stereocenters. The van der Waals surface area contributed by atoms with Gasteiger partial charge in [-0.15, -0.1) is 0 Å². The number of rotatable bonds is 7. The predicted molar refractivity (Wildman–Crippen MR) is 122 cm³/mol. The molecule has 4 aromatic rings. The van der Waals surface area contributed by atoms with Gasteiger partial charge in [0.15, 0.2) is 0 Å². The molecule has 0 aliphatic heterocycles. The second kappa shape index (κ2) is 9.08. The molecule has 0 heterocycles. The van der Waals surface area contributed by atoms with Gasteiger partial charge in [-0.2, -0.15) is 0 Å². The normalized spacial score (nSPS) is 11.5. The van der Waals surface area contributed by atoms with E-state index in [4.69, 9.17) is 0 Å². The molecule has 0 saturated heterocycles. The van der Waals surface area contributed by atoms with Crippen LogP contribution in [0, 0.1) is 0 Å². The zero-order chi connectivity index (χ0) is 20.8. The lowest BCUT2D eigenvalue weighted by molar-refractivity contribution is 0.577. The van der Waals surface area contributed by atoms with Crippen LogP contribution in [0.1, 0.15) is 17.0 Å². The summed E-state index contributed by atoms with van der Waals surface area (Å²) in [6.45, 7) is 0.288. The highest BCUT2D eigenvalue weighted by molar-refractivity contribution is 7.89. The van der Waals surface area contributed by atoms with Gasteiger partial charge in [0.05, 0.1) is 4.90 Å². The summed E-state index contributed by atoms with van der Waals surface area (Å²) < 4.78 is 28.7. The minimum absolute atomic E-state index is 0.0641. The Balaban J connectivity index is 1.54. The number of hydrogen-bond acceptors (Lipinski definition) is 2. The fourth-order valence-corrected chi connectivity index (χ4v) is 4.58. The summed E-state index contributed by atoms with van der Waals surface area (Å²) in [5.41, 5.74) is 4.19. The first-order valence-corrected chi connectivity index (χ1v) is 11.4. The first-order valence-electron chi connectivity index (χ1n) is 9.88. The quantitative estimate of drug-likeness (QED) is 0.437. The molecule has 0 saturated carbocycles. The van der Waals surface area contributed by atoms with E-state index < -0.39 is 10.0 Å². The molecule has 0 fully saturated rings. The van der Waals surface area contributed by atoms with Gasteiger partial charge in [0.1, 0.15) is 0 Å². The molecular weight excluding hydrogens is 390 g/mol. The van der Waals surface area contributed by atoms with E-state index in [0.717, 1.165) is 22.3 Å². The van der Waals surface area contributed by atoms with Crippen LogP contribution in [0.4, 0.5) is 0 Å². The van der Waals surface area contributed by atoms with E-state index in [-0.39, 0.29) is 17.4 Å². The molecule has 3 nitrogen and oxygen atoms in total. The average molecular weight is 414 g/mol. The van der Waals surface area contributed by atoms with Crippen LogP contribution in [0.2, 0.25) is 0 Å². The van der Waals surface area contributed by atoms with Gasteiger partial charge >= 0.3 is 0 Å². The Kier molecular flexibility index (Phi) is 6.07. The smallest absolute Gasteiger partial charge is 0.210 e. The molecule has 0 radical (unpaired) electrons. The van der Waals surface area contributed by atoms with E-state index >= 15 is 0 Å². The Hall–Kier alpha value is -3.21. The van der Waals surface area contributed by atoms with Crippen molar-refractivity contribution in [1.82, 2.24) is 4.72 Å². The maximum atomic E-state index is 12.9. The summed E-state index contributed by atoms with van der Waals surface area (Å²) in [6.07, 6.45) is 0. The number of hydrogen-bond donors (Lipinski definition) is 1. The second-order valence-corrected chi connectivity index (χ2v) is 8.88. The van der Waals surface area contributed by atoms with Gasteiger partial charge < -0.3 is 0 Å². The van der Waals surface area contributed by atoms with Crippen molar-refractivity contribution in [1.29, 1.82) is 0 Å². The predicted octanol–water partition coefficient (Wildman–Crippen LogP) is 5.46. The minimum Gasteiger partial charge on any atom is -0.210 e. The minimum atomic E-state index is -3.62. The second-order valence-electron chi connectivity index (χ2n) is 7.12. The van der Waals surface area contributed by atoms with Gasteiger partial charge in [0.25, 0.3) is 0 Å². The first-order chi connectivity index (χ1) is 14.6. The lowest BCUT2D eigenvalue weighted by Gasteiger charge is -2.19. The van der Waals surface area contributed by atoms with E-state index in [1.165, 1.54) is 0 Å². The summed E-state index contributed by atoms with van der Waals surface area (Å²) in [7, 11) is -3.62. The molecule has 30 heavy (non-hydrogen) atoms. The molecule has 0 spiro atoms. The Morgan fingerprint density at radius 1 is 0.567 bits per heavy atom. The van der Waals surface area contributed by atoms with Crippen LogP contribution in [0.15, 0.2) is 120 Å². The highest BCUT2D eigenvalue weighted by Gasteiger charge is 2.19. The van der Waals surface area contributed by atoms with Gasteiger partial charge in [-0.05, 0) is 34.4 Å². The molecule has 4 aromatic carbocycles. The number of benzene rings is 4. The number of nitrogens with one attached hydrogen (secondary N) is 1. The van der Waals surface area contributed by atoms with Crippen LogP contribution < -0.4 is 4.72 Å². The molecule has 0 bridgehead atoms. The third kappa shape index (κ3) is 4.67. The zero-order valence-corrected chi connectivity index (χ0v) is 17.3. The van der Waals surface area contributed by atoms with E-state index in [1.807, 2.05) is 103 Å². The third-order valence-corrected chi connectivity index (χ3v) is 6.59. The van der Waals surface area contributed by atoms with Gasteiger partial charge in [-0.25, -0.2) is 13.1 Å². The van der Waals surface area contributed by atoms with Crippen LogP contribution in [-0.4, -0.2) is 15.0 Å². The van der Waals surface area contributed by atoms with Crippen LogP contribution in [0.25, 0.3) is 11.1 Å². The van der Waals surface area contributed by atoms with Crippen molar-refractivity contribution >= 4 is 10.0 Å². The van der Waals surface area contributed by atoms with Crippen molar-refractivity contribution in [2.24, 2.45) is 0 Å². The molecule has 4 rings (SSSR count). The molecular formula is C26H23NO2S. The summed E-state index contributed by atoms with van der Waals surface area (Å²) >= 11 is 0. The van der Waals surface area contributed by atoms with Crippen molar-refractivity contribution in [3.8, 4) is 11.1 Å². The topological polar surface area (TPSA) is 46.2 Å². The average Bonchev–Trinajstić information content (AvgIpc) is 2.81. The standard InChI is InChI=1S/C26H23NO2S/c28-30(29,25-18-16-22(17-19-25)21-10-4-1-5-11-21)27-20-26(23-12-6-2-7-13-23)24-14-8-3-9-15-24/h1-19,26-27H,20H2. The summed E-state index contributed by atoms with van der Waals surface area (Å²) in [4.78, 5) is 0.266. The zero-order valence-electron chi connectivity index (χ0n) is 16.5. The molecule has 4 heteroatoms. The van der Waals surface area contributed by atoms with Crippen molar-refractivity contribution in [2.75, 3.05) is 6.54 Å². The lowest BCUT2D eigenvalue weighted by Crippen LogP contribution is -2.29. The maximum absolute atomic E-state index is 12.9. The van der Waals surface area contributed by atoms with E-state index in [0.29, 0.717) is 0 Å². The van der Waals surface area contributed by atoms with Crippen molar-refractivity contribution in [2.45, 2.75) is 10.8 Å². The molecule has 0 aliphatic carbocycles. The molecule has 150 valence electrons. The monoisotopic (exact) mass is 413 g/mol. The van der Waals surface area contributed by atoms with Crippen molar-refractivity contribution in [3.63, 3.8) is 0 Å². The molecule has 0 aliphatic rings. The van der Waals surface area contributed by atoms with Gasteiger partial charge in [0.2, 0.25) is 10.0 Å². The lowest BCUT2D eigenvalue weighted by atomic mass is 9.92. The largest absolute Gasteiger partial charge is 0.240 e. The van der Waals surface area contributed by atoms with Gasteiger partial charge in [-0.1, -0.05) is 103 Å². The van der Waals surface area contributed by atoms with E-state index in [2.05, 4.69) is 4.72 Å². The highest BCUT2D eigenvalue weighted by Crippen LogP contribution is 2.25. The highest BCUT2D eigenvalue weighted by atomic mass is 32.2. The fraction of sp³-hybridized carbons (Fsp3) is 0.0769. The molecule has 0 amide bonds. The first kappa shape index (κ1) is 20.1. The van der Waals surface area contributed by atoms with Gasteiger partial charge in [-0.3, -0.25) is 0 Å². The molecule has 0 atom stereocenters. The van der Waals surface area contributed by atoms with E-state index in [1.54, 1.807) is 12.1 Å². The Morgan fingerprint density at radius 3 is 1.50 bits per heavy atom. The van der Waals surface area contributed by atoms with Crippen LogP contribution >= 0.6 is 0 Å². The number of sulfonamides is 1. The SMILES string of the molecule is O=S(=O)(NCC(c1ccccc1)c1ccccc1)c1ccc(-c2ccccc2)cc1. The summed E-state index contributed by atoms with van der Waals surface area (Å²) in [5.74, 6) is -0.0641. The third-order valence-electron chi connectivity index (χ3n) is 5.15.